The van der Waals surface area contributed by atoms with Crippen LogP contribution in [0.5, 0.6) is 11.5 Å². The van der Waals surface area contributed by atoms with Crippen molar-refractivity contribution in [3.05, 3.63) is 23.8 Å². The van der Waals surface area contributed by atoms with E-state index < -0.39 is 12.8 Å². The van der Waals surface area contributed by atoms with Gasteiger partial charge >= 0.3 is 6.18 Å². The number of nitrogens with zero attached hydrogens (tertiary/aromatic N) is 1. The van der Waals surface area contributed by atoms with E-state index in [4.69, 9.17) is 14.2 Å². The second-order valence-electron chi connectivity index (χ2n) is 5.38. The molecule has 0 aliphatic carbocycles. The number of alkyl halides is 3. The Kier molecular flexibility index (Phi) is 6.30. The van der Waals surface area contributed by atoms with Crippen LogP contribution in [-0.4, -0.2) is 57.0 Å². The van der Waals surface area contributed by atoms with Gasteiger partial charge < -0.3 is 19.1 Å². The lowest BCUT2D eigenvalue weighted by molar-refractivity contribution is -0.153. The number of amides is 1. The molecule has 1 aromatic carbocycles. The van der Waals surface area contributed by atoms with E-state index in [0.29, 0.717) is 39.1 Å². The normalized spacial score (nSPS) is 15.2. The van der Waals surface area contributed by atoms with Gasteiger partial charge in [0.2, 0.25) is 5.91 Å². The number of halogens is 3. The van der Waals surface area contributed by atoms with Gasteiger partial charge in [-0.2, -0.15) is 13.2 Å². The quantitative estimate of drug-likeness (QED) is 0.793. The van der Waals surface area contributed by atoms with E-state index in [-0.39, 0.29) is 17.4 Å². The summed E-state index contributed by atoms with van der Waals surface area (Å²) >= 11 is 0. The monoisotopic (exact) mass is 347 g/mol. The molecule has 2 rings (SSSR count). The van der Waals surface area contributed by atoms with Gasteiger partial charge in [0, 0.05) is 19.5 Å². The van der Waals surface area contributed by atoms with Crippen molar-refractivity contribution in [2.45, 2.75) is 19.0 Å². The number of hydrogen-bond acceptors (Lipinski definition) is 4. The molecular weight excluding hydrogens is 327 g/mol. The maximum atomic E-state index is 12.2. The van der Waals surface area contributed by atoms with Crippen LogP contribution in [-0.2, 0) is 16.0 Å². The molecule has 0 bridgehead atoms. The van der Waals surface area contributed by atoms with Gasteiger partial charge in [-0.15, -0.1) is 0 Å². The van der Waals surface area contributed by atoms with Gasteiger partial charge in [0.25, 0.3) is 0 Å². The topological polar surface area (TPSA) is 48.0 Å². The number of aryl methyl sites for hydroxylation is 1. The summed E-state index contributed by atoms with van der Waals surface area (Å²) in [5.74, 6) is 0.281. The molecule has 5 nitrogen and oxygen atoms in total. The molecule has 1 aliphatic rings. The van der Waals surface area contributed by atoms with Gasteiger partial charge in [-0.1, -0.05) is 6.07 Å². The molecule has 1 fully saturated rings. The zero-order chi connectivity index (χ0) is 17.6. The van der Waals surface area contributed by atoms with Crippen LogP contribution >= 0.6 is 0 Å². The lowest BCUT2D eigenvalue weighted by atomic mass is 10.1. The fraction of sp³-hybridized carbons (Fsp3) is 0.562. The summed E-state index contributed by atoms with van der Waals surface area (Å²) in [5.41, 5.74) is 0.799. The summed E-state index contributed by atoms with van der Waals surface area (Å²) in [6, 6.07) is 4.66. The highest BCUT2D eigenvalue weighted by atomic mass is 19.4. The molecule has 24 heavy (non-hydrogen) atoms. The minimum atomic E-state index is -4.41. The van der Waals surface area contributed by atoms with Crippen LogP contribution in [0.3, 0.4) is 0 Å². The average Bonchev–Trinajstić information content (AvgIpc) is 2.58. The molecule has 1 saturated heterocycles. The van der Waals surface area contributed by atoms with Crippen molar-refractivity contribution in [2.24, 2.45) is 0 Å². The summed E-state index contributed by atoms with van der Waals surface area (Å²) in [7, 11) is 1.36. The van der Waals surface area contributed by atoms with Crippen LogP contribution in [0, 0.1) is 0 Å². The number of methoxy groups -OCH3 is 1. The predicted molar refractivity (Wildman–Crippen MR) is 80.3 cm³/mol. The van der Waals surface area contributed by atoms with Gasteiger partial charge in [0.05, 0.1) is 20.3 Å². The fourth-order valence-corrected chi connectivity index (χ4v) is 2.37. The number of ether oxygens (including phenoxy) is 3. The van der Waals surface area contributed by atoms with E-state index in [1.165, 1.54) is 13.2 Å². The first kappa shape index (κ1) is 18.4. The molecule has 0 aromatic heterocycles. The van der Waals surface area contributed by atoms with Crippen molar-refractivity contribution < 1.29 is 32.2 Å². The van der Waals surface area contributed by atoms with E-state index in [0.717, 1.165) is 5.56 Å². The van der Waals surface area contributed by atoms with Crippen molar-refractivity contribution in [3.8, 4) is 11.5 Å². The lowest BCUT2D eigenvalue weighted by Crippen LogP contribution is -2.40. The Morgan fingerprint density at radius 3 is 2.58 bits per heavy atom. The molecule has 0 unspecified atom stereocenters. The molecule has 1 aromatic rings. The van der Waals surface area contributed by atoms with Gasteiger partial charge in [-0.05, 0) is 24.1 Å². The fourth-order valence-electron chi connectivity index (χ4n) is 2.37. The van der Waals surface area contributed by atoms with E-state index in [9.17, 15) is 18.0 Å². The Morgan fingerprint density at radius 2 is 1.96 bits per heavy atom. The first-order valence-corrected chi connectivity index (χ1v) is 7.61. The number of hydrogen-bond donors (Lipinski definition) is 0. The number of carbonyl (C=O) groups is 1. The van der Waals surface area contributed by atoms with Gasteiger partial charge in [0.15, 0.2) is 18.1 Å². The largest absolute Gasteiger partial charge is 0.493 e. The van der Waals surface area contributed by atoms with Crippen LogP contribution in [0.1, 0.15) is 12.0 Å². The van der Waals surface area contributed by atoms with Gasteiger partial charge in [-0.25, -0.2) is 0 Å². The maximum Gasteiger partial charge on any atom is 0.422 e. The van der Waals surface area contributed by atoms with E-state index in [1.807, 2.05) is 0 Å². The SMILES string of the molecule is COc1cc(CCC(=O)N2CCOCC2)ccc1OCC(F)(F)F. The molecule has 0 N–H and O–H groups in total. The molecule has 0 saturated carbocycles. The summed E-state index contributed by atoms with van der Waals surface area (Å²) in [6.07, 6.45) is -3.60. The molecule has 8 heteroatoms. The molecule has 0 radical (unpaired) electrons. The molecule has 134 valence electrons. The van der Waals surface area contributed by atoms with Crippen LogP contribution < -0.4 is 9.47 Å². The van der Waals surface area contributed by atoms with Crippen LogP contribution in [0.4, 0.5) is 13.2 Å². The zero-order valence-corrected chi connectivity index (χ0v) is 13.4. The van der Waals surface area contributed by atoms with Crippen molar-refractivity contribution in [1.29, 1.82) is 0 Å². The van der Waals surface area contributed by atoms with Crippen LogP contribution in [0.2, 0.25) is 0 Å². The number of rotatable bonds is 6. The van der Waals surface area contributed by atoms with Crippen molar-refractivity contribution >= 4 is 5.91 Å². The van der Waals surface area contributed by atoms with Gasteiger partial charge in [0.1, 0.15) is 0 Å². The average molecular weight is 347 g/mol. The van der Waals surface area contributed by atoms with E-state index >= 15 is 0 Å². The molecule has 1 heterocycles. The third kappa shape index (κ3) is 5.59. The van der Waals surface area contributed by atoms with Gasteiger partial charge in [-0.3, -0.25) is 4.79 Å². The first-order valence-electron chi connectivity index (χ1n) is 7.61. The minimum absolute atomic E-state index is 0.0260. The third-order valence-electron chi connectivity index (χ3n) is 3.61. The minimum Gasteiger partial charge on any atom is -0.493 e. The van der Waals surface area contributed by atoms with E-state index in [1.54, 1.807) is 17.0 Å². The van der Waals surface area contributed by atoms with Crippen molar-refractivity contribution in [2.75, 3.05) is 40.0 Å². The number of carbonyl (C=O) groups excluding carboxylic acids is 1. The van der Waals surface area contributed by atoms with Crippen LogP contribution in [0.15, 0.2) is 18.2 Å². The predicted octanol–water partition coefficient (Wildman–Crippen LogP) is 2.43. The van der Waals surface area contributed by atoms with Crippen molar-refractivity contribution in [3.63, 3.8) is 0 Å². The second kappa shape index (κ2) is 8.23. The van der Waals surface area contributed by atoms with Crippen LogP contribution in [0.25, 0.3) is 0 Å². The Hall–Kier alpha value is -1.96. The van der Waals surface area contributed by atoms with Crippen molar-refractivity contribution in [1.82, 2.24) is 4.90 Å². The summed E-state index contributed by atoms with van der Waals surface area (Å²) in [4.78, 5) is 13.8. The third-order valence-corrected chi connectivity index (χ3v) is 3.61. The number of morpholine rings is 1. The zero-order valence-electron chi connectivity index (χ0n) is 13.4. The smallest absolute Gasteiger partial charge is 0.422 e. The first-order chi connectivity index (χ1) is 11.4. The summed E-state index contributed by atoms with van der Waals surface area (Å²) in [5, 5.41) is 0. The summed E-state index contributed by atoms with van der Waals surface area (Å²) in [6.45, 7) is 0.895. The highest BCUT2D eigenvalue weighted by molar-refractivity contribution is 5.76. The Morgan fingerprint density at radius 1 is 1.25 bits per heavy atom. The molecule has 1 amide bonds. The lowest BCUT2D eigenvalue weighted by Gasteiger charge is -2.26. The highest BCUT2D eigenvalue weighted by Gasteiger charge is 2.29. The Labute approximate surface area is 138 Å². The van der Waals surface area contributed by atoms with E-state index in [2.05, 4.69) is 0 Å². The molecular formula is C16H20F3NO4. The standard InChI is InChI=1S/C16H20F3NO4/c1-22-14-10-12(2-4-13(14)24-11-16(17,18)19)3-5-15(21)20-6-8-23-9-7-20/h2,4,10H,3,5-9,11H2,1H3. The molecule has 1 aliphatic heterocycles. The maximum absolute atomic E-state index is 12.2. The Bertz CT molecular complexity index is 557. The number of benzene rings is 1. The second-order valence-corrected chi connectivity index (χ2v) is 5.38. The molecule has 0 spiro atoms. The highest BCUT2D eigenvalue weighted by Crippen LogP contribution is 2.30. The summed E-state index contributed by atoms with van der Waals surface area (Å²) < 4.78 is 51.7. The Balaban J connectivity index is 1.92. The molecule has 0 atom stereocenters.